The fourth-order valence-corrected chi connectivity index (χ4v) is 2.86. The molecule has 2 rings (SSSR count). The van der Waals surface area contributed by atoms with Gasteiger partial charge in [-0.15, -0.1) is 0 Å². The molecule has 1 saturated heterocycles. The first kappa shape index (κ1) is 15.3. The number of hydrogen-bond acceptors (Lipinski definition) is 2. The van der Waals surface area contributed by atoms with Gasteiger partial charge in [0.15, 0.2) is 0 Å². The van der Waals surface area contributed by atoms with Gasteiger partial charge in [-0.2, -0.15) is 13.2 Å². The molecule has 112 valence electrons. The fourth-order valence-electron chi connectivity index (χ4n) is 2.86. The third kappa shape index (κ3) is 3.73. The van der Waals surface area contributed by atoms with Crippen LogP contribution in [0.15, 0.2) is 30.3 Å². The van der Waals surface area contributed by atoms with Crippen molar-refractivity contribution in [2.24, 2.45) is 5.92 Å². The Morgan fingerprint density at radius 2 is 1.80 bits per heavy atom. The number of nitrogens with zero attached hydrogens (tertiary/aromatic N) is 1. The van der Waals surface area contributed by atoms with E-state index < -0.39 is 12.1 Å². The van der Waals surface area contributed by atoms with Gasteiger partial charge in [-0.3, -0.25) is 4.90 Å². The van der Waals surface area contributed by atoms with Crippen LogP contribution in [0.25, 0.3) is 0 Å². The highest BCUT2D eigenvalue weighted by Gasteiger charge is 2.41. The van der Waals surface area contributed by atoms with Crippen LogP contribution in [0.1, 0.15) is 24.4 Å². The van der Waals surface area contributed by atoms with Crippen LogP contribution in [-0.4, -0.2) is 37.8 Å². The highest BCUT2D eigenvalue weighted by atomic mass is 19.4. The van der Waals surface area contributed by atoms with Gasteiger partial charge >= 0.3 is 6.18 Å². The lowest BCUT2D eigenvalue weighted by Crippen LogP contribution is -2.43. The minimum Gasteiger partial charge on any atom is -0.318 e. The third-order valence-electron chi connectivity index (χ3n) is 4.02. The van der Waals surface area contributed by atoms with Crippen molar-refractivity contribution >= 4 is 0 Å². The van der Waals surface area contributed by atoms with Crippen molar-refractivity contribution in [3.05, 3.63) is 35.9 Å². The molecule has 0 amide bonds. The minimum absolute atomic E-state index is 0.149. The summed E-state index contributed by atoms with van der Waals surface area (Å²) in [5.74, 6) is -1.13. The summed E-state index contributed by atoms with van der Waals surface area (Å²) in [5, 5.41) is 3.14. The van der Waals surface area contributed by atoms with Crippen LogP contribution in [0.4, 0.5) is 13.2 Å². The minimum atomic E-state index is -4.04. The topological polar surface area (TPSA) is 15.3 Å². The van der Waals surface area contributed by atoms with Crippen molar-refractivity contribution in [3.63, 3.8) is 0 Å². The lowest BCUT2D eigenvalue weighted by atomic mass is 9.93. The molecular formula is C15H21F3N2. The van der Waals surface area contributed by atoms with Crippen molar-refractivity contribution in [2.75, 3.05) is 26.7 Å². The number of halogens is 3. The quantitative estimate of drug-likeness (QED) is 0.914. The number of nitrogens with one attached hydrogen (secondary N) is 1. The summed E-state index contributed by atoms with van der Waals surface area (Å²) in [5.41, 5.74) is 1.16. The molecule has 0 aromatic heterocycles. The van der Waals surface area contributed by atoms with E-state index in [4.69, 9.17) is 0 Å². The maximum Gasteiger partial charge on any atom is 0.391 e. The van der Waals surface area contributed by atoms with E-state index in [1.54, 1.807) is 0 Å². The Kier molecular flexibility index (Phi) is 5.05. The molecule has 20 heavy (non-hydrogen) atoms. The molecule has 2 nitrogen and oxygen atoms in total. The second-order valence-corrected chi connectivity index (χ2v) is 5.34. The predicted octanol–water partition coefficient (Wildman–Crippen LogP) is 3.22. The average Bonchev–Trinajstić information content (AvgIpc) is 2.45. The zero-order valence-corrected chi connectivity index (χ0v) is 11.7. The van der Waals surface area contributed by atoms with Crippen molar-refractivity contribution in [1.29, 1.82) is 0 Å². The van der Waals surface area contributed by atoms with Crippen molar-refractivity contribution in [1.82, 2.24) is 10.2 Å². The molecule has 0 saturated carbocycles. The van der Waals surface area contributed by atoms with Gasteiger partial charge in [-0.25, -0.2) is 0 Å². The standard InChI is InChI=1S/C15H21F3N2/c1-19-11-14(12-5-3-2-4-6-12)20-9-7-13(8-10-20)15(16,17)18/h2-6,13-14,19H,7-11H2,1H3. The summed E-state index contributed by atoms with van der Waals surface area (Å²) in [6.07, 6.45) is -3.63. The molecule has 1 N–H and O–H groups in total. The Balaban J connectivity index is 2.02. The van der Waals surface area contributed by atoms with E-state index in [9.17, 15) is 13.2 Å². The lowest BCUT2D eigenvalue weighted by molar-refractivity contribution is -0.186. The van der Waals surface area contributed by atoms with Gasteiger partial charge in [0, 0.05) is 12.6 Å². The molecule has 0 bridgehead atoms. The molecule has 1 aromatic rings. The zero-order chi connectivity index (χ0) is 14.6. The summed E-state index contributed by atoms with van der Waals surface area (Å²) in [7, 11) is 1.87. The molecule has 0 aliphatic carbocycles. The Bertz CT molecular complexity index is 397. The van der Waals surface area contributed by atoms with E-state index in [0.29, 0.717) is 13.1 Å². The third-order valence-corrected chi connectivity index (χ3v) is 4.02. The van der Waals surface area contributed by atoms with Gasteiger partial charge in [-0.1, -0.05) is 30.3 Å². The number of piperidine rings is 1. The number of benzene rings is 1. The highest BCUT2D eigenvalue weighted by Crippen LogP contribution is 2.36. The summed E-state index contributed by atoms with van der Waals surface area (Å²) < 4.78 is 38.1. The van der Waals surface area contributed by atoms with E-state index in [-0.39, 0.29) is 18.9 Å². The van der Waals surface area contributed by atoms with Crippen LogP contribution in [0.3, 0.4) is 0 Å². The van der Waals surface area contributed by atoms with Gasteiger partial charge in [0.1, 0.15) is 0 Å². The molecule has 1 heterocycles. The Hall–Kier alpha value is -1.07. The van der Waals surface area contributed by atoms with E-state index in [2.05, 4.69) is 10.2 Å². The van der Waals surface area contributed by atoms with Gasteiger partial charge in [0.05, 0.1) is 5.92 Å². The monoisotopic (exact) mass is 286 g/mol. The normalized spacial score (nSPS) is 20.0. The summed E-state index contributed by atoms with van der Waals surface area (Å²) in [4.78, 5) is 2.16. The van der Waals surface area contributed by atoms with Gasteiger partial charge in [0.25, 0.3) is 0 Å². The number of alkyl halides is 3. The Morgan fingerprint density at radius 3 is 2.30 bits per heavy atom. The average molecular weight is 286 g/mol. The van der Waals surface area contributed by atoms with Crippen molar-refractivity contribution < 1.29 is 13.2 Å². The van der Waals surface area contributed by atoms with Gasteiger partial charge < -0.3 is 5.32 Å². The largest absolute Gasteiger partial charge is 0.391 e. The molecule has 1 unspecified atom stereocenters. The molecule has 0 radical (unpaired) electrons. The number of likely N-dealkylation sites (N-methyl/N-ethyl adjacent to an activating group) is 1. The lowest BCUT2D eigenvalue weighted by Gasteiger charge is -2.38. The second kappa shape index (κ2) is 6.59. The summed E-state index contributed by atoms with van der Waals surface area (Å²) in [6, 6.07) is 10.1. The maximum atomic E-state index is 12.7. The molecule has 1 aromatic carbocycles. The van der Waals surface area contributed by atoms with Gasteiger partial charge in [-0.05, 0) is 38.5 Å². The van der Waals surface area contributed by atoms with Crippen LogP contribution >= 0.6 is 0 Å². The molecule has 1 fully saturated rings. The second-order valence-electron chi connectivity index (χ2n) is 5.34. The number of rotatable bonds is 4. The van der Waals surface area contributed by atoms with Crippen LogP contribution in [0.5, 0.6) is 0 Å². The highest BCUT2D eigenvalue weighted by molar-refractivity contribution is 5.19. The number of hydrogen-bond donors (Lipinski definition) is 1. The summed E-state index contributed by atoms with van der Waals surface area (Å²) in [6.45, 7) is 1.76. The van der Waals surface area contributed by atoms with Crippen LogP contribution in [0, 0.1) is 5.92 Å². The van der Waals surface area contributed by atoms with E-state index >= 15 is 0 Å². The van der Waals surface area contributed by atoms with Crippen LogP contribution in [-0.2, 0) is 0 Å². The molecule has 1 atom stereocenters. The fraction of sp³-hybridized carbons (Fsp3) is 0.600. The first-order chi connectivity index (χ1) is 9.52. The molecule has 1 aliphatic rings. The number of likely N-dealkylation sites (tertiary alicyclic amines) is 1. The Labute approximate surface area is 118 Å². The predicted molar refractivity (Wildman–Crippen MR) is 73.5 cm³/mol. The smallest absolute Gasteiger partial charge is 0.318 e. The van der Waals surface area contributed by atoms with Crippen molar-refractivity contribution in [3.8, 4) is 0 Å². The maximum absolute atomic E-state index is 12.7. The first-order valence-corrected chi connectivity index (χ1v) is 7.02. The SMILES string of the molecule is CNCC(c1ccccc1)N1CCC(C(F)(F)F)CC1. The first-order valence-electron chi connectivity index (χ1n) is 7.02. The van der Waals surface area contributed by atoms with E-state index in [1.165, 1.54) is 0 Å². The van der Waals surface area contributed by atoms with E-state index in [1.807, 2.05) is 37.4 Å². The molecular weight excluding hydrogens is 265 g/mol. The molecule has 5 heteroatoms. The van der Waals surface area contributed by atoms with Crippen LogP contribution < -0.4 is 5.32 Å². The zero-order valence-electron chi connectivity index (χ0n) is 11.7. The van der Waals surface area contributed by atoms with Gasteiger partial charge in [0.2, 0.25) is 0 Å². The molecule has 1 aliphatic heterocycles. The molecule has 0 spiro atoms. The Morgan fingerprint density at radius 1 is 1.20 bits per heavy atom. The van der Waals surface area contributed by atoms with Crippen molar-refractivity contribution in [2.45, 2.75) is 25.1 Å². The summed E-state index contributed by atoms with van der Waals surface area (Å²) >= 11 is 0. The van der Waals surface area contributed by atoms with Crippen LogP contribution in [0.2, 0.25) is 0 Å². The van der Waals surface area contributed by atoms with E-state index in [0.717, 1.165) is 12.1 Å².